The zero-order chi connectivity index (χ0) is 20.6. The minimum Gasteiger partial charge on any atom is -0.495 e. The third-order valence-electron chi connectivity index (χ3n) is 4.89. The molecule has 7 nitrogen and oxygen atoms in total. The van der Waals surface area contributed by atoms with Crippen molar-refractivity contribution in [3.8, 4) is 5.75 Å². The minimum atomic E-state index is -0.275. The number of aryl methyl sites for hydroxylation is 1. The lowest BCUT2D eigenvalue weighted by atomic mass is 10.2. The molecule has 0 bridgehead atoms. The maximum Gasteiger partial charge on any atom is 0.243 e. The SMILES string of the molecule is COc1ccc(C)cc1NC(=O)CNC(=O)CN1CCN(Cc2ccsc2)CC1. The number of carbonyl (C=O) groups is 2. The van der Waals surface area contributed by atoms with Crippen LogP contribution in [-0.2, 0) is 16.1 Å². The summed E-state index contributed by atoms with van der Waals surface area (Å²) < 4.78 is 5.26. The van der Waals surface area contributed by atoms with Crippen LogP contribution in [0, 0.1) is 6.92 Å². The van der Waals surface area contributed by atoms with Crippen molar-refractivity contribution in [1.82, 2.24) is 15.1 Å². The molecule has 0 radical (unpaired) electrons. The first-order valence-electron chi connectivity index (χ1n) is 9.70. The summed E-state index contributed by atoms with van der Waals surface area (Å²) in [6.45, 7) is 6.74. The number of amides is 2. The largest absolute Gasteiger partial charge is 0.495 e. The molecule has 2 N–H and O–H groups in total. The Morgan fingerprint density at radius 1 is 1.10 bits per heavy atom. The lowest BCUT2D eigenvalue weighted by Crippen LogP contribution is -2.49. The number of piperazine rings is 1. The van der Waals surface area contributed by atoms with Crippen molar-refractivity contribution < 1.29 is 14.3 Å². The van der Waals surface area contributed by atoms with Gasteiger partial charge in [-0.2, -0.15) is 11.3 Å². The van der Waals surface area contributed by atoms with Crippen molar-refractivity contribution in [2.24, 2.45) is 0 Å². The number of hydrogen-bond donors (Lipinski definition) is 2. The number of benzene rings is 1. The monoisotopic (exact) mass is 416 g/mol. The van der Waals surface area contributed by atoms with Crippen molar-refractivity contribution in [1.29, 1.82) is 0 Å². The van der Waals surface area contributed by atoms with E-state index < -0.39 is 0 Å². The molecule has 2 aromatic rings. The van der Waals surface area contributed by atoms with Gasteiger partial charge < -0.3 is 15.4 Å². The third-order valence-corrected chi connectivity index (χ3v) is 5.63. The van der Waals surface area contributed by atoms with Crippen molar-refractivity contribution in [2.75, 3.05) is 51.7 Å². The Hall–Kier alpha value is -2.42. The van der Waals surface area contributed by atoms with Gasteiger partial charge in [-0.3, -0.25) is 19.4 Å². The highest BCUT2D eigenvalue weighted by Crippen LogP contribution is 2.24. The van der Waals surface area contributed by atoms with Crippen molar-refractivity contribution in [3.63, 3.8) is 0 Å². The van der Waals surface area contributed by atoms with Crippen molar-refractivity contribution in [2.45, 2.75) is 13.5 Å². The van der Waals surface area contributed by atoms with Gasteiger partial charge in [0.2, 0.25) is 11.8 Å². The summed E-state index contributed by atoms with van der Waals surface area (Å²) in [6, 6.07) is 7.72. The molecule has 0 atom stereocenters. The Bertz CT molecular complexity index is 817. The second kappa shape index (κ2) is 10.4. The summed E-state index contributed by atoms with van der Waals surface area (Å²) in [6.07, 6.45) is 0. The Balaban J connectivity index is 1.37. The van der Waals surface area contributed by atoms with Crippen LogP contribution in [0.25, 0.3) is 0 Å². The highest BCUT2D eigenvalue weighted by atomic mass is 32.1. The summed E-state index contributed by atoms with van der Waals surface area (Å²) in [5, 5.41) is 9.77. The van der Waals surface area contributed by atoms with Gasteiger partial charge in [0, 0.05) is 32.7 Å². The summed E-state index contributed by atoms with van der Waals surface area (Å²) in [7, 11) is 1.56. The van der Waals surface area contributed by atoms with Gasteiger partial charge in [-0.05, 0) is 47.0 Å². The Labute approximate surface area is 175 Å². The first-order valence-corrected chi connectivity index (χ1v) is 10.6. The molecule has 1 aromatic heterocycles. The van der Waals surface area contributed by atoms with E-state index in [1.54, 1.807) is 18.4 Å². The van der Waals surface area contributed by atoms with Crippen LogP contribution in [0.2, 0.25) is 0 Å². The van der Waals surface area contributed by atoms with Gasteiger partial charge in [0.05, 0.1) is 25.9 Å². The molecule has 0 spiro atoms. The van der Waals surface area contributed by atoms with E-state index in [-0.39, 0.29) is 18.4 Å². The number of thiophene rings is 1. The topological polar surface area (TPSA) is 73.9 Å². The molecule has 1 aliphatic heterocycles. The molecule has 1 fully saturated rings. The molecule has 1 saturated heterocycles. The average molecular weight is 417 g/mol. The summed E-state index contributed by atoms with van der Waals surface area (Å²) in [5.74, 6) is 0.182. The number of methoxy groups -OCH3 is 1. The van der Waals surface area contributed by atoms with Gasteiger partial charge in [-0.25, -0.2) is 0 Å². The number of nitrogens with zero attached hydrogens (tertiary/aromatic N) is 2. The molecule has 0 unspecified atom stereocenters. The Kier molecular flexibility index (Phi) is 7.62. The van der Waals surface area contributed by atoms with Gasteiger partial charge in [0.1, 0.15) is 5.75 Å². The van der Waals surface area contributed by atoms with Crippen molar-refractivity contribution >= 4 is 28.8 Å². The van der Waals surface area contributed by atoms with Crippen LogP contribution >= 0.6 is 11.3 Å². The van der Waals surface area contributed by atoms with E-state index in [0.717, 1.165) is 38.3 Å². The fraction of sp³-hybridized carbons (Fsp3) is 0.429. The van der Waals surface area contributed by atoms with Gasteiger partial charge in [0.15, 0.2) is 0 Å². The number of carbonyl (C=O) groups excluding carboxylic acids is 2. The molecule has 3 rings (SSSR count). The number of ether oxygens (including phenoxy) is 1. The van der Waals surface area contributed by atoms with Crippen LogP contribution in [0.1, 0.15) is 11.1 Å². The van der Waals surface area contributed by atoms with Crippen LogP contribution in [0.5, 0.6) is 5.75 Å². The minimum absolute atomic E-state index is 0.0615. The summed E-state index contributed by atoms with van der Waals surface area (Å²) >= 11 is 1.72. The normalized spacial score (nSPS) is 15.1. The van der Waals surface area contributed by atoms with Crippen LogP contribution < -0.4 is 15.4 Å². The van der Waals surface area contributed by atoms with E-state index in [1.807, 2.05) is 25.1 Å². The highest BCUT2D eigenvalue weighted by Gasteiger charge is 2.19. The van der Waals surface area contributed by atoms with Crippen LogP contribution in [0.4, 0.5) is 5.69 Å². The zero-order valence-electron chi connectivity index (χ0n) is 16.9. The predicted octanol–water partition coefficient (Wildman–Crippen LogP) is 1.94. The molecule has 156 valence electrons. The average Bonchev–Trinajstić information content (AvgIpc) is 3.21. The first kappa shape index (κ1) is 21.3. The Morgan fingerprint density at radius 3 is 2.55 bits per heavy atom. The van der Waals surface area contributed by atoms with Crippen molar-refractivity contribution in [3.05, 3.63) is 46.2 Å². The van der Waals surface area contributed by atoms with Gasteiger partial charge in [0.25, 0.3) is 0 Å². The summed E-state index contributed by atoms with van der Waals surface area (Å²) in [5.41, 5.74) is 2.97. The van der Waals surface area contributed by atoms with E-state index in [9.17, 15) is 9.59 Å². The van der Waals surface area contributed by atoms with Crippen LogP contribution in [-0.4, -0.2) is 68.0 Å². The maximum absolute atomic E-state index is 12.2. The molecule has 29 heavy (non-hydrogen) atoms. The third kappa shape index (κ3) is 6.56. The number of anilines is 1. The smallest absolute Gasteiger partial charge is 0.243 e. The van der Waals surface area contributed by atoms with Crippen LogP contribution in [0.15, 0.2) is 35.0 Å². The fourth-order valence-corrected chi connectivity index (χ4v) is 3.96. The van der Waals surface area contributed by atoms with E-state index in [0.29, 0.717) is 18.0 Å². The maximum atomic E-state index is 12.2. The molecular formula is C21H28N4O3S. The predicted molar refractivity (Wildman–Crippen MR) is 115 cm³/mol. The first-order chi connectivity index (χ1) is 14.0. The summed E-state index contributed by atoms with van der Waals surface area (Å²) in [4.78, 5) is 28.9. The molecule has 0 aliphatic carbocycles. The molecule has 8 heteroatoms. The lowest BCUT2D eigenvalue weighted by molar-refractivity contribution is -0.125. The molecule has 1 aliphatic rings. The number of nitrogens with one attached hydrogen (secondary N) is 2. The molecule has 1 aromatic carbocycles. The Morgan fingerprint density at radius 2 is 1.86 bits per heavy atom. The standard InChI is InChI=1S/C21H28N4O3S/c1-16-3-4-19(28-2)18(11-16)23-20(26)12-22-21(27)14-25-8-6-24(7-9-25)13-17-5-10-29-15-17/h3-5,10-11,15H,6-9,12-14H2,1-2H3,(H,22,27)(H,23,26). The van der Waals surface area contributed by atoms with E-state index in [1.165, 1.54) is 5.56 Å². The van der Waals surface area contributed by atoms with E-state index in [4.69, 9.17) is 4.74 Å². The lowest BCUT2D eigenvalue weighted by Gasteiger charge is -2.34. The molecule has 2 amide bonds. The van der Waals surface area contributed by atoms with Gasteiger partial charge in [-0.15, -0.1) is 0 Å². The second-order valence-corrected chi connectivity index (χ2v) is 7.99. The second-order valence-electron chi connectivity index (χ2n) is 7.21. The van der Waals surface area contributed by atoms with E-state index >= 15 is 0 Å². The molecule has 2 heterocycles. The van der Waals surface area contributed by atoms with Gasteiger partial charge in [-0.1, -0.05) is 6.07 Å². The number of hydrogen-bond acceptors (Lipinski definition) is 6. The number of rotatable bonds is 8. The fourth-order valence-electron chi connectivity index (χ4n) is 3.30. The molecule has 0 saturated carbocycles. The zero-order valence-corrected chi connectivity index (χ0v) is 17.8. The van der Waals surface area contributed by atoms with E-state index in [2.05, 4.69) is 37.3 Å². The highest BCUT2D eigenvalue weighted by molar-refractivity contribution is 7.07. The quantitative estimate of drug-likeness (QED) is 0.688. The molecular weight excluding hydrogens is 388 g/mol. The van der Waals surface area contributed by atoms with Crippen LogP contribution in [0.3, 0.4) is 0 Å². The van der Waals surface area contributed by atoms with Gasteiger partial charge >= 0.3 is 0 Å².